The van der Waals surface area contributed by atoms with E-state index < -0.39 is 60.6 Å². The van der Waals surface area contributed by atoms with Gasteiger partial charge in [-0.25, -0.2) is 9.48 Å². The van der Waals surface area contributed by atoms with E-state index in [1.165, 1.54) is 32.6 Å². The van der Waals surface area contributed by atoms with Gasteiger partial charge >= 0.3 is 29.8 Å². The van der Waals surface area contributed by atoms with Crippen molar-refractivity contribution in [2.75, 3.05) is 19.8 Å². The van der Waals surface area contributed by atoms with E-state index in [0.29, 0.717) is 29.4 Å². The molecule has 4 aromatic rings. The molecule has 5 atom stereocenters. The van der Waals surface area contributed by atoms with Crippen LogP contribution in [0, 0.1) is 12.3 Å². The number of aromatic nitrogens is 3. The number of hydrogen-bond donors (Lipinski definition) is 0. The minimum absolute atomic E-state index is 0.0295. The van der Waals surface area contributed by atoms with Crippen molar-refractivity contribution in [2.24, 2.45) is 0 Å². The number of ether oxygens (including phenoxy) is 8. The lowest BCUT2D eigenvalue weighted by molar-refractivity contribution is -0.308. The molecule has 16 heteroatoms. The summed E-state index contributed by atoms with van der Waals surface area (Å²) in [6.45, 7) is 5.05. The summed E-state index contributed by atoms with van der Waals surface area (Å²) in [6, 6.07) is 21.9. The number of carbonyl (C=O) groups is 5. The molecule has 64 heavy (non-hydrogen) atoms. The summed E-state index contributed by atoms with van der Waals surface area (Å²) in [5.41, 5.74) is 3.66. The quantitative estimate of drug-likeness (QED) is 0.0242. The van der Waals surface area contributed by atoms with Crippen LogP contribution in [0.1, 0.15) is 89.4 Å². The Morgan fingerprint density at radius 3 is 1.84 bits per heavy atom. The zero-order valence-corrected chi connectivity index (χ0v) is 36.6. The third kappa shape index (κ3) is 15.4. The largest absolute Gasteiger partial charge is 0.494 e. The van der Waals surface area contributed by atoms with Crippen molar-refractivity contribution in [3.63, 3.8) is 0 Å². The fourth-order valence-corrected chi connectivity index (χ4v) is 6.93. The molecule has 0 radical (unpaired) electrons. The number of carbonyl (C=O) groups excluding carboxylic acids is 5. The van der Waals surface area contributed by atoms with Gasteiger partial charge in [0.2, 0.25) is 0 Å². The van der Waals surface area contributed by atoms with Gasteiger partial charge in [0.1, 0.15) is 29.9 Å². The van der Waals surface area contributed by atoms with Gasteiger partial charge in [0.15, 0.2) is 24.6 Å². The SMILES string of the molecule is C#CCCCCCCCCCOc1ccc(C(=O)Oc2ccc(-c3ccc(-c4cn(CCO[C@@H]5O[C@H](COC(C)=O)[C@H](OC(C)=O)[C@H](OC(C)=O)[C@H]5OC(C)=O)nn4)cc3)cc2)cc1. The second-order valence-corrected chi connectivity index (χ2v) is 15.1. The number of rotatable bonds is 23. The Labute approximate surface area is 372 Å². The first-order valence-corrected chi connectivity index (χ1v) is 21.3. The smallest absolute Gasteiger partial charge is 0.343 e. The Kier molecular flexibility index (Phi) is 18.9. The molecule has 1 aliphatic heterocycles. The maximum Gasteiger partial charge on any atom is 0.343 e. The Bertz CT molecular complexity index is 2180. The van der Waals surface area contributed by atoms with Gasteiger partial charge in [-0.1, -0.05) is 73.7 Å². The average molecular weight is 882 g/mol. The number of nitrogens with zero attached hydrogens (tertiary/aromatic N) is 3. The van der Waals surface area contributed by atoms with Crippen LogP contribution >= 0.6 is 0 Å². The first kappa shape index (κ1) is 48.5. The van der Waals surface area contributed by atoms with Crippen LogP contribution in [0.25, 0.3) is 22.4 Å². The van der Waals surface area contributed by atoms with Gasteiger partial charge in [-0.15, -0.1) is 17.4 Å². The number of esters is 5. The molecule has 0 bridgehead atoms. The Morgan fingerprint density at radius 1 is 0.656 bits per heavy atom. The standard InChI is InChI=1S/C48H55N3O13/c1-6-7-8-9-10-11-12-13-14-28-57-40-23-21-39(22-24-40)47(56)63-41-25-19-37(20-26-41)36-15-17-38(18-16-36)42-30-51(50-49-42)27-29-58-48-46(62-35(5)55)45(61-34(4)54)44(60-33(3)53)43(64-48)31-59-32(2)52/h1,15-26,30,43-46,48H,7-14,27-29,31H2,2-5H3/t43-,44+,45+,46-,48-/m1/s1. The maximum absolute atomic E-state index is 12.9. The molecule has 2 heterocycles. The van der Waals surface area contributed by atoms with Crippen molar-refractivity contribution in [3.05, 3.63) is 84.6 Å². The van der Waals surface area contributed by atoms with Gasteiger partial charge in [-0.05, 0) is 60.4 Å². The molecule has 1 aromatic heterocycles. The van der Waals surface area contributed by atoms with E-state index in [4.69, 9.17) is 44.3 Å². The second kappa shape index (κ2) is 24.9. The number of hydrogen-bond acceptors (Lipinski definition) is 15. The Hall–Kier alpha value is -6.57. The van der Waals surface area contributed by atoms with E-state index in [1.807, 2.05) is 36.4 Å². The van der Waals surface area contributed by atoms with Crippen LogP contribution in [0.15, 0.2) is 79.0 Å². The maximum atomic E-state index is 12.9. The van der Waals surface area contributed by atoms with Crippen LogP contribution in [-0.4, -0.2) is 95.4 Å². The first-order valence-electron chi connectivity index (χ1n) is 21.3. The van der Waals surface area contributed by atoms with E-state index >= 15 is 0 Å². The summed E-state index contributed by atoms with van der Waals surface area (Å²) in [4.78, 5) is 60.7. The average Bonchev–Trinajstić information content (AvgIpc) is 3.74. The van der Waals surface area contributed by atoms with Crippen molar-refractivity contribution in [3.8, 4) is 46.2 Å². The molecule has 0 saturated carbocycles. The van der Waals surface area contributed by atoms with Crippen LogP contribution in [0.5, 0.6) is 11.5 Å². The van der Waals surface area contributed by atoms with E-state index in [9.17, 15) is 24.0 Å². The van der Waals surface area contributed by atoms with Gasteiger partial charge in [0.05, 0.1) is 31.5 Å². The monoisotopic (exact) mass is 881 g/mol. The molecule has 340 valence electrons. The summed E-state index contributed by atoms with van der Waals surface area (Å²) in [7, 11) is 0. The van der Waals surface area contributed by atoms with Gasteiger partial charge in [-0.3, -0.25) is 19.2 Å². The number of benzene rings is 3. The summed E-state index contributed by atoms with van der Waals surface area (Å²) in [5.74, 6) is 0.509. The molecule has 0 amide bonds. The summed E-state index contributed by atoms with van der Waals surface area (Å²) >= 11 is 0. The Morgan fingerprint density at radius 2 is 1.22 bits per heavy atom. The lowest BCUT2D eigenvalue weighted by Gasteiger charge is -2.44. The van der Waals surface area contributed by atoms with Gasteiger partial charge in [-0.2, -0.15) is 0 Å². The molecular weight excluding hydrogens is 827 g/mol. The van der Waals surface area contributed by atoms with E-state index in [2.05, 4.69) is 16.2 Å². The van der Waals surface area contributed by atoms with Crippen molar-refractivity contribution >= 4 is 29.8 Å². The summed E-state index contributed by atoms with van der Waals surface area (Å²) < 4.78 is 46.4. The predicted molar refractivity (Wildman–Crippen MR) is 231 cm³/mol. The molecule has 5 rings (SSSR count). The van der Waals surface area contributed by atoms with Crippen molar-refractivity contribution in [1.82, 2.24) is 15.0 Å². The highest BCUT2D eigenvalue weighted by atomic mass is 16.7. The molecule has 0 spiro atoms. The van der Waals surface area contributed by atoms with Gasteiger partial charge in [0.25, 0.3) is 0 Å². The molecule has 1 aliphatic rings. The third-order valence-electron chi connectivity index (χ3n) is 9.99. The van der Waals surface area contributed by atoms with E-state index in [1.54, 1.807) is 47.3 Å². The highest BCUT2D eigenvalue weighted by Gasteiger charge is 2.52. The van der Waals surface area contributed by atoms with Crippen molar-refractivity contribution in [1.29, 1.82) is 0 Å². The van der Waals surface area contributed by atoms with E-state index in [-0.39, 0.29) is 19.8 Å². The topological polar surface area (TPSA) is 190 Å². The van der Waals surface area contributed by atoms with Crippen molar-refractivity contribution in [2.45, 2.75) is 116 Å². The van der Waals surface area contributed by atoms with Crippen LogP contribution in [-0.2, 0) is 54.1 Å². The third-order valence-corrected chi connectivity index (χ3v) is 9.99. The zero-order valence-electron chi connectivity index (χ0n) is 36.6. The predicted octanol–water partition coefficient (Wildman–Crippen LogP) is 7.06. The molecule has 3 aromatic carbocycles. The normalized spacial score (nSPS) is 18.0. The Balaban J connectivity index is 1.10. The van der Waals surface area contributed by atoms with Crippen LogP contribution in [0.4, 0.5) is 0 Å². The molecule has 1 saturated heterocycles. The fraction of sp³-hybridized carbons (Fsp3) is 0.438. The van der Waals surface area contributed by atoms with Gasteiger partial charge < -0.3 is 37.9 Å². The molecular formula is C48H55N3O13. The zero-order chi connectivity index (χ0) is 45.8. The van der Waals surface area contributed by atoms with Crippen LogP contribution in [0.3, 0.4) is 0 Å². The summed E-state index contributed by atoms with van der Waals surface area (Å²) in [5, 5.41) is 8.49. The molecule has 1 fully saturated rings. The van der Waals surface area contributed by atoms with Crippen LogP contribution in [0.2, 0.25) is 0 Å². The molecule has 0 aliphatic carbocycles. The minimum atomic E-state index is -1.34. The molecule has 0 unspecified atom stereocenters. The van der Waals surface area contributed by atoms with Crippen LogP contribution < -0.4 is 9.47 Å². The number of unbranched alkanes of at least 4 members (excludes halogenated alkanes) is 7. The first-order chi connectivity index (χ1) is 30.9. The highest BCUT2D eigenvalue weighted by molar-refractivity contribution is 5.91. The fourth-order valence-electron chi connectivity index (χ4n) is 6.93. The van der Waals surface area contributed by atoms with E-state index in [0.717, 1.165) is 63.1 Å². The summed E-state index contributed by atoms with van der Waals surface area (Å²) in [6.07, 6.45) is 9.49. The molecule has 16 nitrogen and oxygen atoms in total. The second-order valence-electron chi connectivity index (χ2n) is 15.1. The molecule has 0 N–H and O–H groups in total. The van der Waals surface area contributed by atoms with Gasteiger partial charge in [0, 0.05) is 39.7 Å². The lowest BCUT2D eigenvalue weighted by atomic mass is 9.98. The number of terminal acetylenes is 1. The highest BCUT2D eigenvalue weighted by Crippen LogP contribution is 2.31. The lowest BCUT2D eigenvalue weighted by Crippen LogP contribution is -2.63. The minimum Gasteiger partial charge on any atom is -0.494 e. The van der Waals surface area contributed by atoms with Crippen molar-refractivity contribution < 1.29 is 61.9 Å².